The van der Waals surface area contributed by atoms with Crippen LogP contribution >= 0.6 is 0 Å². The zero-order valence-electron chi connectivity index (χ0n) is 11.4. The van der Waals surface area contributed by atoms with Gasteiger partial charge in [-0.05, 0) is 36.3 Å². The number of hydrogen-bond acceptors (Lipinski definition) is 3. The predicted molar refractivity (Wildman–Crippen MR) is 75.4 cm³/mol. The van der Waals surface area contributed by atoms with Gasteiger partial charge in [-0.15, -0.1) is 0 Å². The lowest BCUT2D eigenvalue weighted by molar-refractivity contribution is 0.0269. The van der Waals surface area contributed by atoms with Crippen LogP contribution < -0.4 is 5.32 Å². The number of nitrogens with one attached hydrogen (secondary N) is 1. The van der Waals surface area contributed by atoms with Gasteiger partial charge < -0.3 is 15.2 Å². The van der Waals surface area contributed by atoms with E-state index in [9.17, 15) is 5.11 Å². The van der Waals surface area contributed by atoms with Crippen molar-refractivity contribution in [1.82, 2.24) is 5.32 Å². The topological polar surface area (TPSA) is 41.5 Å². The lowest BCUT2D eigenvalue weighted by Crippen LogP contribution is -2.42. The molecule has 0 bridgehead atoms. The number of benzene rings is 1. The summed E-state index contributed by atoms with van der Waals surface area (Å²) in [4.78, 5) is 0. The summed E-state index contributed by atoms with van der Waals surface area (Å²) in [5, 5.41) is 13.7. The van der Waals surface area contributed by atoms with E-state index < -0.39 is 5.60 Å². The maximum absolute atomic E-state index is 10.2. The van der Waals surface area contributed by atoms with Crippen LogP contribution in [0.2, 0.25) is 0 Å². The summed E-state index contributed by atoms with van der Waals surface area (Å²) in [6.07, 6.45) is 4.49. The highest BCUT2D eigenvalue weighted by Gasteiger charge is 2.32. The third-order valence-corrected chi connectivity index (χ3v) is 4.42. The van der Waals surface area contributed by atoms with Crippen molar-refractivity contribution in [2.45, 2.75) is 37.2 Å². The summed E-state index contributed by atoms with van der Waals surface area (Å²) in [6, 6.07) is 8.77. The van der Waals surface area contributed by atoms with Gasteiger partial charge >= 0.3 is 0 Å². The minimum atomic E-state index is -0.645. The quantitative estimate of drug-likeness (QED) is 0.869. The molecule has 1 heterocycles. The van der Waals surface area contributed by atoms with E-state index in [4.69, 9.17) is 4.74 Å². The van der Waals surface area contributed by atoms with Crippen molar-refractivity contribution in [1.29, 1.82) is 0 Å². The van der Waals surface area contributed by atoms with Crippen LogP contribution in [0.5, 0.6) is 0 Å². The summed E-state index contributed by atoms with van der Waals surface area (Å²) in [5.74, 6) is 0.593. The van der Waals surface area contributed by atoms with Crippen LogP contribution in [0.4, 0.5) is 0 Å². The van der Waals surface area contributed by atoms with E-state index in [-0.39, 0.29) is 0 Å². The fourth-order valence-electron chi connectivity index (χ4n) is 3.28. The lowest BCUT2D eigenvalue weighted by atomic mass is 9.83. The van der Waals surface area contributed by atoms with Gasteiger partial charge in [-0.25, -0.2) is 0 Å². The number of aliphatic hydroxyl groups is 1. The van der Waals surface area contributed by atoms with E-state index >= 15 is 0 Å². The largest absolute Gasteiger partial charge is 0.386 e. The molecule has 1 aromatic carbocycles. The van der Waals surface area contributed by atoms with Crippen LogP contribution in [0.25, 0.3) is 0 Å². The Bertz CT molecular complexity index is 427. The Hall–Kier alpha value is -0.900. The highest BCUT2D eigenvalue weighted by molar-refractivity contribution is 5.32. The van der Waals surface area contributed by atoms with Crippen molar-refractivity contribution in [2.24, 2.45) is 0 Å². The summed E-state index contributed by atoms with van der Waals surface area (Å²) < 4.78 is 5.27. The molecule has 0 aromatic heterocycles. The normalized spacial score (nSPS) is 30.3. The molecule has 3 nitrogen and oxygen atoms in total. The Kier molecular flexibility index (Phi) is 3.87. The van der Waals surface area contributed by atoms with Crippen LogP contribution in [-0.2, 0) is 11.2 Å². The summed E-state index contributed by atoms with van der Waals surface area (Å²) >= 11 is 0. The zero-order valence-corrected chi connectivity index (χ0v) is 11.4. The molecule has 0 spiro atoms. The van der Waals surface area contributed by atoms with Crippen molar-refractivity contribution in [2.75, 3.05) is 26.3 Å². The van der Waals surface area contributed by atoms with Crippen LogP contribution in [0.1, 0.15) is 36.3 Å². The van der Waals surface area contributed by atoms with Crippen LogP contribution in [0, 0.1) is 0 Å². The highest BCUT2D eigenvalue weighted by Crippen LogP contribution is 2.31. The van der Waals surface area contributed by atoms with E-state index in [0.717, 1.165) is 13.0 Å². The minimum absolute atomic E-state index is 0.473. The monoisotopic (exact) mass is 261 g/mol. The van der Waals surface area contributed by atoms with Crippen molar-refractivity contribution >= 4 is 0 Å². The molecule has 104 valence electrons. The summed E-state index contributed by atoms with van der Waals surface area (Å²) in [5.41, 5.74) is 2.35. The standard InChI is InChI=1S/C16H23NO2/c18-16(8-9-19-12-16)11-17-10-14-6-3-5-13-4-1-2-7-15(13)14/h1-2,4,7,14,17-18H,3,5-6,8-12H2. The molecule has 1 aliphatic heterocycles. The molecule has 3 rings (SSSR count). The van der Waals surface area contributed by atoms with Gasteiger partial charge in [0, 0.05) is 26.1 Å². The minimum Gasteiger partial charge on any atom is -0.386 e. The Morgan fingerprint density at radius 2 is 2.26 bits per heavy atom. The lowest BCUT2D eigenvalue weighted by Gasteiger charge is -2.27. The predicted octanol–water partition coefficient (Wildman–Crippen LogP) is 1.85. The Labute approximate surface area is 115 Å². The molecular formula is C16H23NO2. The average Bonchev–Trinajstić information content (AvgIpc) is 2.86. The SMILES string of the molecule is OC1(CNCC2CCCc3ccccc32)CCOC1. The van der Waals surface area contributed by atoms with Crippen molar-refractivity contribution < 1.29 is 9.84 Å². The van der Waals surface area contributed by atoms with Crippen LogP contribution in [0.3, 0.4) is 0 Å². The van der Waals surface area contributed by atoms with E-state index in [1.54, 1.807) is 0 Å². The van der Waals surface area contributed by atoms with E-state index in [1.807, 2.05) is 0 Å². The molecule has 2 N–H and O–H groups in total. The fourth-order valence-corrected chi connectivity index (χ4v) is 3.28. The maximum atomic E-state index is 10.2. The van der Waals surface area contributed by atoms with E-state index in [0.29, 0.717) is 25.7 Å². The van der Waals surface area contributed by atoms with Gasteiger partial charge in [-0.2, -0.15) is 0 Å². The highest BCUT2D eigenvalue weighted by atomic mass is 16.5. The first-order valence-corrected chi connectivity index (χ1v) is 7.35. The van der Waals surface area contributed by atoms with Crippen molar-refractivity contribution in [3.05, 3.63) is 35.4 Å². The number of rotatable bonds is 4. The Morgan fingerprint density at radius 1 is 1.37 bits per heavy atom. The molecule has 3 heteroatoms. The third kappa shape index (κ3) is 2.99. The van der Waals surface area contributed by atoms with Gasteiger partial charge in [0.15, 0.2) is 0 Å². The van der Waals surface area contributed by atoms with Gasteiger partial charge in [0.1, 0.15) is 5.60 Å². The zero-order chi connectivity index (χ0) is 13.1. The van der Waals surface area contributed by atoms with Crippen LogP contribution in [0.15, 0.2) is 24.3 Å². The molecule has 2 aliphatic rings. The number of fused-ring (bicyclic) bond motifs is 1. The second-order valence-electron chi connectivity index (χ2n) is 5.95. The van der Waals surface area contributed by atoms with Gasteiger partial charge in [-0.3, -0.25) is 0 Å². The van der Waals surface area contributed by atoms with Gasteiger partial charge in [0.05, 0.1) is 6.61 Å². The first kappa shape index (κ1) is 13.1. The molecule has 0 radical (unpaired) electrons. The van der Waals surface area contributed by atoms with Crippen molar-refractivity contribution in [3.63, 3.8) is 0 Å². The van der Waals surface area contributed by atoms with Crippen LogP contribution in [-0.4, -0.2) is 37.0 Å². The summed E-state index contributed by atoms with van der Waals surface area (Å²) in [7, 11) is 0. The number of aryl methyl sites for hydroxylation is 1. The molecule has 1 aliphatic carbocycles. The third-order valence-electron chi connectivity index (χ3n) is 4.42. The number of hydrogen-bond donors (Lipinski definition) is 2. The molecule has 0 saturated carbocycles. The number of ether oxygens (including phenoxy) is 1. The van der Waals surface area contributed by atoms with Gasteiger partial charge in [-0.1, -0.05) is 24.3 Å². The fraction of sp³-hybridized carbons (Fsp3) is 0.625. The van der Waals surface area contributed by atoms with Gasteiger partial charge in [0.25, 0.3) is 0 Å². The molecule has 1 aromatic rings. The first-order chi connectivity index (χ1) is 9.27. The molecule has 2 atom stereocenters. The van der Waals surface area contributed by atoms with Crippen molar-refractivity contribution in [3.8, 4) is 0 Å². The second kappa shape index (κ2) is 5.61. The summed E-state index contributed by atoms with van der Waals surface area (Å²) in [6.45, 7) is 2.76. The maximum Gasteiger partial charge on any atom is 0.102 e. The van der Waals surface area contributed by atoms with E-state index in [1.165, 1.54) is 30.4 Å². The molecular weight excluding hydrogens is 238 g/mol. The first-order valence-electron chi connectivity index (χ1n) is 7.35. The Balaban J connectivity index is 1.56. The molecule has 1 fully saturated rings. The molecule has 2 unspecified atom stereocenters. The molecule has 19 heavy (non-hydrogen) atoms. The molecule has 0 amide bonds. The average molecular weight is 261 g/mol. The van der Waals surface area contributed by atoms with E-state index in [2.05, 4.69) is 29.6 Å². The smallest absolute Gasteiger partial charge is 0.102 e. The second-order valence-corrected chi connectivity index (χ2v) is 5.95. The Morgan fingerprint density at radius 3 is 3.11 bits per heavy atom. The molecule has 1 saturated heterocycles. The van der Waals surface area contributed by atoms with Gasteiger partial charge in [0.2, 0.25) is 0 Å².